The van der Waals surface area contributed by atoms with Gasteiger partial charge >= 0.3 is 6.09 Å². The van der Waals surface area contributed by atoms with Gasteiger partial charge in [0.2, 0.25) is 0 Å². The lowest BCUT2D eigenvalue weighted by atomic mass is 10.0. The van der Waals surface area contributed by atoms with Crippen LogP contribution in [0, 0.1) is 11.3 Å². The quantitative estimate of drug-likeness (QED) is 0.571. The third-order valence-corrected chi connectivity index (χ3v) is 2.59. The van der Waals surface area contributed by atoms with E-state index < -0.39 is 23.7 Å². The number of likely N-dealkylation sites (tertiary alicyclic amines) is 1. The van der Waals surface area contributed by atoms with E-state index in [1.807, 2.05) is 0 Å². The van der Waals surface area contributed by atoms with Crippen molar-refractivity contribution >= 4 is 11.9 Å². The number of carbonyl (C=O) groups is 1. The fourth-order valence-electron chi connectivity index (χ4n) is 1.77. The second-order valence-corrected chi connectivity index (χ2v) is 5.33. The lowest BCUT2D eigenvalue weighted by molar-refractivity contribution is 0.0284. The molecule has 1 rings (SSSR count). The SMILES string of the molecule is CC(C)(C)OC(=O)N1CCC(C(F)C(=N)N)C1. The van der Waals surface area contributed by atoms with Gasteiger partial charge in [0.25, 0.3) is 0 Å². The van der Waals surface area contributed by atoms with E-state index in [0.717, 1.165) is 0 Å². The molecule has 0 saturated carbocycles. The van der Waals surface area contributed by atoms with Gasteiger partial charge in [0.1, 0.15) is 11.4 Å². The highest BCUT2D eigenvalue weighted by molar-refractivity contribution is 5.82. The second kappa shape index (κ2) is 4.89. The van der Waals surface area contributed by atoms with E-state index in [1.165, 1.54) is 4.90 Å². The van der Waals surface area contributed by atoms with Gasteiger partial charge in [-0.3, -0.25) is 5.41 Å². The Bertz CT molecular complexity index is 314. The number of nitrogens with one attached hydrogen (secondary N) is 1. The molecule has 0 aliphatic carbocycles. The molecule has 17 heavy (non-hydrogen) atoms. The molecular formula is C11H20FN3O2. The Morgan fingerprint density at radius 3 is 2.65 bits per heavy atom. The van der Waals surface area contributed by atoms with Gasteiger partial charge in [-0.25, -0.2) is 9.18 Å². The number of rotatable bonds is 2. The lowest BCUT2D eigenvalue weighted by Gasteiger charge is -2.24. The van der Waals surface area contributed by atoms with Crippen molar-refractivity contribution in [2.45, 2.75) is 39.0 Å². The average molecular weight is 245 g/mol. The molecule has 5 nitrogen and oxygen atoms in total. The largest absolute Gasteiger partial charge is 0.444 e. The second-order valence-electron chi connectivity index (χ2n) is 5.33. The summed E-state index contributed by atoms with van der Waals surface area (Å²) in [6.45, 7) is 6.06. The first-order chi connectivity index (χ1) is 7.70. The van der Waals surface area contributed by atoms with Crippen molar-refractivity contribution in [3.05, 3.63) is 0 Å². The molecule has 98 valence electrons. The molecule has 3 N–H and O–H groups in total. The Morgan fingerprint density at radius 1 is 1.59 bits per heavy atom. The van der Waals surface area contributed by atoms with Gasteiger partial charge in [-0.15, -0.1) is 0 Å². The first kappa shape index (κ1) is 13.7. The van der Waals surface area contributed by atoms with Gasteiger partial charge in [0.15, 0.2) is 6.17 Å². The fraction of sp³-hybridized carbons (Fsp3) is 0.818. The van der Waals surface area contributed by atoms with Crippen LogP contribution < -0.4 is 5.73 Å². The van der Waals surface area contributed by atoms with E-state index in [-0.39, 0.29) is 12.5 Å². The van der Waals surface area contributed by atoms with Crippen molar-refractivity contribution in [3.63, 3.8) is 0 Å². The van der Waals surface area contributed by atoms with Gasteiger partial charge < -0.3 is 15.4 Å². The van der Waals surface area contributed by atoms with Gasteiger partial charge in [-0.1, -0.05) is 0 Å². The van der Waals surface area contributed by atoms with E-state index in [2.05, 4.69) is 0 Å². The Hall–Kier alpha value is -1.33. The molecule has 0 aromatic carbocycles. The van der Waals surface area contributed by atoms with Crippen molar-refractivity contribution in [2.75, 3.05) is 13.1 Å². The zero-order valence-electron chi connectivity index (χ0n) is 10.5. The summed E-state index contributed by atoms with van der Waals surface area (Å²) in [6, 6.07) is 0. The molecule has 0 bridgehead atoms. The molecule has 1 saturated heterocycles. The summed E-state index contributed by atoms with van der Waals surface area (Å²) in [5, 5.41) is 7.05. The molecule has 1 aliphatic heterocycles. The summed E-state index contributed by atoms with van der Waals surface area (Å²) in [7, 11) is 0. The Morgan fingerprint density at radius 2 is 2.18 bits per heavy atom. The number of carbonyl (C=O) groups excluding carboxylic acids is 1. The normalized spacial score (nSPS) is 22.4. The predicted octanol–water partition coefficient (Wildman–Crippen LogP) is 1.52. The van der Waals surface area contributed by atoms with Gasteiger partial charge in [0.05, 0.1) is 0 Å². The number of halogens is 1. The Labute approximate surface area is 101 Å². The van der Waals surface area contributed by atoms with Crippen LogP contribution in [-0.2, 0) is 4.74 Å². The van der Waals surface area contributed by atoms with Crippen LogP contribution in [0.4, 0.5) is 9.18 Å². The van der Waals surface area contributed by atoms with E-state index in [4.69, 9.17) is 15.9 Å². The zero-order chi connectivity index (χ0) is 13.2. The van der Waals surface area contributed by atoms with Crippen molar-refractivity contribution in [1.82, 2.24) is 4.90 Å². The molecule has 1 amide bonds. The lowest BCUT2D eigenvalue weighted by Crippen LogP contribution is -2.37. The van der Waals surface area contributed by atoms with Crippen LogP contribution in [0.5, 0.6) is 0 Å². The number of hydrogen-bond donors (Lipinski definition) is 2. The number of nitrogens with zero attached hydrogens (tertiary/aromatic N) is 1. The Balaban J connectivity index is 2.50. The summed E-state index contributed by atoms with van der Waals surface area (Å²) in [5.41, 5.74) is 4.56. The van der Waals surface area contributed by atoms with E-state index in [9.17, 15) is 9.18 Å². The molecule has 2 atom stereocenters. The zero-order valence-corrected chi connectivity index (χ0v) is 10.5. The van der Waals surface area contributed by atoms with Gasteiger partial charge in [0, 0.05) is 19.0 Å². The number of nitrogens with two attached hydrogens (primary N) is 1. The maximum Gasteiger partial charge on any atom is 0.410 e. The fourth-order valence-corrected chi connectivity index (χ4v) is 1.77. The molecule has 1 aliphatic rings. The maximum atomic E-state index is 13.5. The Kier molecular flexibility index (Phi) is 3.95. The van der Waals surface area contributed by atoms with Crippen LogP contribution >= 0.6 is 0 Å². The number of amides is 1. The minimum Gasteiger partial charge on any atom is -0.444 e. The summed E-state index contributed by atoms with van der Waals surface area (Å²) >= 11 is 0. The molecule has 0 aromatic heterocycles. The minimum atomic E-state index is -1.47. The highest BCUT2D eigenvalue weighted by Crippen LogP contribution is 2.23. The molecule has 0 radical (unpaired) electrons. The standard InChI is InChI=1S/C11H20FN3O2/c1-11(2,3)17-10(16)15-5-4-7(6-15)8(12)9(13)14/h7-8H,4-6H2,1-3H3,(H3,13,14). The summed E-state index contributed by atoms with van der Waals surface area (Å²) in [4.78, 5) is 13.2. The molecular weight excluding hydrogens is 225 g/mol. The van der Waals surface area contributed by atoms with Crippen molar-refractivity contribution < 1.29 is 13.9 Å². The van der Waals surface area contributed by atoms with Crippen LogP contribution in [0.2, 0.25) is 0 Å². The van der Waals surface area contributed by atoms with Crippen LogP contribution in [0.15, 0.2) is 0 Å². The average Bonchev–Trinajstić information content (AvgIpc) is 2.62. The van der Waals surface area contributed by atoms with Crippen LogP contribution in [0.3, 0.4) is 0 Å². The molecule has 1 fully saturated rings. The summed E-state index contributed by atoms with van der Waals surface area (Å²) in [5.74, 6) is -0.860. The highest BCUT2D eigenvalue weighted by atomic mass is 19.1. The van der Waals surface area contributed by atoms with Crippen molar-refractivity contribution in [3.8, 4) is 0 Å². The summed E-state index contributed by atoms with van der Waals surface area (Å²) in [6.07, 6.45) is -1.39. The van der Waals surface area contributed by atoms with E-state index in [0.29, 0.717) is 13.0 Å². The van der Waals surface area contributed by atoms with Crippen LogP contribution in [-0.4, -0.2) is 41.7 Å². The van der Waals surface area contributed by atoms with E-state index >= 15 is 0 Å². The third-order valence-electron chi connectivity index (χ3n) is 2.59. The van der Waals surface area contributed by atoms with Gasteiger partial charge in [-0.2, -0.15) is 0 Å². The van der Waals surface area contributed by atoms with Crippen LogP contribution in [0.25, 0.3) is 0 Å². The third kappa shape index (κ3) is 3.87. The number of ether oxygens (including phenoxy) is 1. The first-order valence-corrected chi connectivity index (χ1v) is 5.66. The van der Waals surface area contributed by atoms with Crippen molar-refractivity contribution in [2.24, 2.45) is 11.7 Å². The monoisotopic (exact) mass is 245 g/mol. The molecule has 0 aromatic rings. The summed E-state index contributed by atoms with van der Waals surface area (Å²) < 4.78 is 18.7. The smallest absolute Gasteiger partial charge is 0.410 e. The topological polar surface area (TPSA) is 79.4 Å². The number of alkyl halides is 1. The first-order valence-electron chi connectivity index (χ1n) is 5.66. The molecule has 0 spiro atoms. The van der Waals surface area contributed by atoms with Crippen LogP contribution in [0.1, 0.15) is 27.2 Å². The molecule has 1 heterocycles. The maximum absolute atomic E-state index is 13.5. The van der Waals surface area contributed by atoms with Crippen molar-refractivity contribution in [1.29, 1.82) is 5.41 Å². The predicted molar refractivity (Wildman–Crippen MR) is 62.7 cm³/mol. The minimum absolute atomic E-state index is 0.260. The molecule has 6 heteroatoms. The number of amidine groups is 1. The van der Waals surface area contributed by atoms with E-state index in [1.54, 1.807) is 20.8 Å². The molecule has 2 unspecified atom stereocenters. The van der Waals surface area contributed by atoms with Gasteiger partial charge in [-0.05, 0) is 27.2 Å². The highest BCUT2D eigenvalue weighted by Gasteiger charge is 2.35. The number of hydrogen-bond acceptors (Lipinski definition) is 3.